The molecular formula is C27H33N3O4S. The first-order valence-corrected chi connectivity index (χ1v) is 14.4. The predicted molar refractivity (Wildman–Crippen MR) is 132 cm³/mol. The van der Waals surface area contributed by atoms with Crippen LogP contribution in [0, 0.1) is 29.1 Å². The minimum absolute atomic E-state index is 0.0115. The Morgan fingerprint density at radius 3 is 2.40 bits per heavy atom. The van der Waals surface area contributed by atoms with Crippen LogP contribution in [0.15, 0.2) is 41.4 Å². The van der Waals surface area contributed by atoms with E-state index in [0.717, 1.165) is 50.3 Å². The predicted octanol–water partition coefficient (Wildman–Crippen LogP) is 3.71. The molecule has 0 spiro atoms. The van der Waals surface area contributed by atoms with Gasteiger partial charge in [0.2, 0.25) is 15.9 Å². The van der Waals surface area contributed by atoms with E-state index in [0.29, 0.717) is 42.5 Å². The van der Waals surface area contributed by atoms with Crippen molar-refractivity contribution < 1.29 is 18.0 Å². The quantitative estimate of drug-likeness (QED) is 0.607. The van der Waals surface area contributed by atoms with Crippen LogP contribution in [-0.4, -0.2) is 30.6 Å². The Kier molecular flexibility index (Phi) is 5.35. The van der Waals surface area contributed by atoms with Gasteiger partial charge in [0, 0.05) is 23.4 Å². The zero-order chi connectivity index (χ0) is 24.4. The van der Waals surface area contributed by atoms with E-state index in [1.54, 1.807) is 24.4 Å². The molecule has 0 saturated heterocycles. The Labute approximate surface area is 206 Å². The highest BCUT2D eigenvalue weighted by atomic mass is 32.2. The topological polar surface area (TPSA) is 119 Å². The number of amides is 1. The second kappa shape index (κ2) is 8.10. The van der Waals surface area contributed by atoms with Gasteiger partial charge in [-0.1, -0.05) is 31.0 Å². The molecule has 5 aliphatic rings. The standard InChI is InChI=1S/C27H33N3O4S/c28-25(32)26-14-17-11-19(15-26)21(20(12-17)16-26)13-23(31)27(8-1-2-9-27)30-35(33,34)22-7-3-5-18-6-4-10-29-24(18)22/h3-7,10,17,19-21,30H,1-2,8-9,11-16H2,(H2,28,32). The number of carbonyl (C=O) groups is 2. The lowest BCUT2D eigenvalue weighted by Gasteiger charge is -2.59. The van der Waals surface area contributed by atoms with Gasteiger partial charge in [-0.3, -0.25) is 14.6 Å². The number of sulfonamides is 1. The van der Waals surface area contributed by atoms with Crippen molar-refractivity contribution in [3.8, 4) is 0 Å². The van der Waals surface area contributed by atoms with Crippen molar-refractivity contribution in [3.05, 3.63) is 36.5 Å². The Hall–Kier alpha value is -2.32. The highest BCUT2D eigenvalue weighted by Gasteiger charge is 2.58. The van der Waals surface area contributed by atoms with Crippen LogP contribution in [0.5, 0.6) is 0 Å². The van der Waals surface area contributed by atoms with Crippen LogP contribution in [-0.2, 0) is 19.6 Å². The van der Waals surface area contributed by atoms with Crippen LogP contribution < -0.4 is 10.5 Å². The zero-order valence-electron chi connectivity index (χ0n) is 19.9. The number of primary amides is 1. The molecule has 5 saturated carbocycles. The first-order valence-electron chi connectivity index (χ1n) is 12.9. The Morgan fingerprint density at radius 1 is 1.03 bits per heavy atom. The number of ketones is 1. The van der Waals surface area contributed by atoms with E-state index in [1.807, 2.05) is 12.1 Å². The number of aromatic nitrogens is 1. The van der Waals surface area contributed by atoms with Crippen LogP contribution >= 0.6 is 0 Å². The number of hydrogen-bond donors (Lipinski definition) is 2. The molecule has 186 valence electrons. The number of nitrogens with two attached hydrogens (primary N) is 1. The van der Waals surface area contributed by atoms with Crippen LogP contribution in [0.25, 0.3) is 10.9 Å². The van der Waals surface area contributed by atoms with Gasteiger partial charge in [-0.2, -0.15) is 4.72 Å². The molecule has 35 heavy (non-hydrogen) atoms. The minimum Gasteiger partial charge on any atom is -0.369 e. The lowest BCUT2D eigenvalue weighted by molar-refractivity contribution is -0.152. The molecule has 4 bridgehead atoms. The van der Waals surface area contributed by atoms with E-state index in [4.69, 9.17) is 5.73 Å². The van der Waals surface area contributed by atoms with E-state index in [-0.39, 0.29) is 27.9 Å². The van der Waals surface area contributed by atoms with E-state index >= 15 is 0 Å². The highest BCUT2D eigenvalue weighted by Crippen LogP contribution is 2.63. The average Bonchev–Trinajstić information content (AvgIpc) is 3.29. The number of Topliss-reactive ketones (excluding diaryl/α,β-unsaturated/α-hetero) is 1. The fourth-order valence-electron chi connectivity index (χ4n) is 8.20. The van der Waals surface area contributed by atoms with Crippen LogP contribution in [0.1, 0.15) is 64.2 Å². The van der Waals surface area contributed by atoms with Gasteiger partial charge in [0.1, 0.15) is 4.90 Å². The number of fused-ring (bicyclic) bond motifs is 1. The minimum atomic E-state index is -3.95. The first-order chi connectivity index (χ1) is 16.7. The summed E-state index contributed by atoms with van der Waals surface area (Å²) in [5, 5.41) is 0.749. The zero-order valence-corrected chi connectivity index (χ0v) is 20.7. The molecule has 7 nitrogen and oxygen atoms in total. The lowest BCUT2D eigenvalue weighted by atomic mass is 9.45. The van der Waals surface area contributed by atoms with Crippen molar-refractivity contribution in [2.45, 2.75) is 74.6 Å². The maximum absolute atomic E-state index is 13.9. The maximum Gasteiger partial charge on any atom is 0.243 e. The van der Waals surface area contributed by atoms with Gasteiger partial charge in [0.15, 0.2) is 5.78 Å². The molecule has 1 aromatic carbocycles. The van der Waals surface area contributed by atoms with E-state index in [1.165, 1.54) is 0 Å². The van der Waals surface area contributed by atoms with Crippen LogP contribution in [0.3, 0.4) is 0 Å². The van der Waals surface area contributed by atoms with Crippen molar-refractivity contribution in [1.29, 1.82) is 0 Å². The molecule has 0 aliphatic heterocycles. The molecule has 2 unspecified atom stereocenters. The normalized spacial score (nSPS) is 33.3. The van der Waals surface area contributed by atoms with Gasteiger partial charge in [0.05, 0.1) is 11.1 Å². The van der Waals surface area contributed by atoms with Gasteiger partial charge in [-0.15, -0.1) is 0 Å². The summed E-state index contributed by atoms with van der Waals surface area (Å²) in [6.45, 7) is 0. The number of benzene rings is 1. The summed E-state index contributed by atoms with van der Waals surface area (Å²) in [5.74, 6) is 1.24. The number of carbonyl (C=O) groups excluding carboxylic acids is 2. The van der Waals surface area contributed by atoms with Gasteiger partial charge >= 0.3 is 0 Å². The van der Waals surface area contributed by atoms with Crippen molar-refractivity contribution >= 4 is 32.6 Å². The molecule has 1 amide bonds. The summed E-state index contributed by atoms with van der Waals surface area (Å²) in [5.41, 5.74) is 4.80. The molecule has 1 heterocycles. The summed E-state index contributed by atoms with van der Waals surface area (Å²) >= 11 is 0. The second-order valence-corrected chi connectivity index (χ2v) is 13.3. The molecular weight excluding hydrogens is 462 g/mol. The van der Waals surface area contributed by atoms with Gasteiger partial charge in [-0.05, 0) is 80.8 Å². The summed E-state index contributed by atoms with van der Waals surface area (Å²) in [6.07, 6.45) is 9.27. The van der Waals surface area contributed by atoms with Gasteiger partial charge in [0.25, 0.3) is 0 Å². The molecule has 3 N–H and O–H groups in total. The number of nitrogens with zero attached hydrogens (tertiary/aromatic N) is 1. The molecule has 0 radical (unpaired) electrons. The third kappa shape index (κ3) is 3.71. The van der Waals surface area contributed by atoms with Crippen molar-refractivity contribution in [3.63, 3.8) is 0 Å². The van der Waals surface area contributed by atoms with Gasteiger partial charge in [-0.25, -0.2) is 8.42 Å². The number of rotatable bonds is 7. The summed E-state index contributed by atoms with van der Waals surface area (Å²) in [6, 6.07) is 8.73. The van der Waals surface area contributed by atoms with E-state index in [2.05, 4.69) is 9.71 Å². The molecule has 5 aliphatic carbocycles. The summed E-state index contributed by atoms with van der Waals surface area (Å²) in [4.78, 5) is 30.6. The first kappa shape index (κ1) is 23.1. The molecule has 1 aromatic heterocycles. The largest absolute Gasteiger partial charge is 0.369 e. The van der Waals surface area contributed by atoms with Crippen LogP contribution in [0.4, 0.5) is 0 Å². The maximum atomic E-state index is 13.9. The Balaban J connectivity index is 1.26. The Morgan fingerprint density at radius 2 is 1.71 bits per heavy atom. The molecule has 5 fully saturated rings. The smallest absolute Gasteiger partial charge is 0.243 e. The molecule has 2 aromatic rings. The van der Waals surface area contributed by atoms with Crippen molar-refractivity contribution in [2.24, 2.45) is 34.8 Å². The van der Waals surface area contributed by atoms with Crippen LogP contribution in [0.2, 0.25) is 0 Å². The fourth-order valence-corrected chi connectivity index (χ4v) is 9.82. The summed E-state index contributed by atoms with van der Waals surface area (Å²) < 4.78 is 30.1. The van der Waals surface area contributed by atoms with E-state index in [9.17, 15) is 18.0 Å². The third-order valence-corrected chi connectivity index (χ3v) is 11.2. The summed E-state index contributed by atoms with van der Waals surface area (Å²) in [7, 11) is -3.95. The van der Waals surface area contributed by atoms with Crippen molar-refractivity contribution in [1.82, 2.24) is 9.71 Å². The van der Waals surface area contributed by atoms with E-state index < -0.39 is 15.6 Å². The van der Waals surface area contributed by atoms with Crippen molar-refractivity contribution in [2.75, 3.05) is 0 Å². The fraction of sp³-hybridized carbons (Fsp3) is 0.593. The molecule has 2 atom stereocenters. The monoisotopic (exact) mass is 495 g/mol. The third-order valence-electron chi connectivity index (χ3n) is 9.62. The average molecular weight is 496 g/mol. The number of hydrogen-bond acceptors (Lipinski definition) is 5. The number of nitrogens with one attached hydrogen (secondary N) is 1. The molecule has 7 rings (SSSR count). The highest BCUT2D eigenvalue weighted by molar-refractivity contribution is 7.89. The number of para-hydroxylation sites is 1. The SMILES string of the molecule is NC(=O)C12CC3CC(C1)C(CC(=O)C1(NS(=O)(=O)c4cccc5cccnc45)CCCC1)C(C3)C2. The van der Waals surface area contributed by atoms with Gasteiger partial charge < -0.3 is 5.73 Å². The number of pyridine rings is 1. The lowest BCUT2D eigenvalue weighted by Crippen LogP contribution is -2.58. The molecule has 8 heteroatoms. The second-order valence-electron chi connectivity index (χ2n) is 11.6. The Bertz CT molecular complexity index is 1280.